The van der Waals surface area contributed by atoms with Crippen LogP contribution < -0.4 is 0 Å². The summed E-state index contributed by atoms with van der Waals surface area (Å²) < 4.78 is 1.11. The van der Waals surface area contributed by atoms with Crippen molar-refractivity contribution in [3.63, 3.8) is 0 Å². The molecule has 0 amide bonds. The van der Waals surface area contributed by atoms with E-state index in [1.165, 1.54) is 16.7 Å². The van der Waals surface area contributed by atoms with Crippen LogP contribution in [0, 0.1) is 0 Å². The molecule has 2 aromatic carbocycles. The third-order valence-electron chi connectivity index (χ3n) is 3.30. The van der Waals surface area contributed by atoms with Gasteiger partial charge in [0.25, 0.3) is 0 Å². The maximum absolute atomic E-state index is 9.58. The van der Waals surface area contributed by atoms with Crippen molar-refractivity contribution in [2.75, 3.05) is 0 Å². The molecule has 0 aliphatic heterocycles. The summed E-state index contributed by atoms with van der Waals surface area (Å²) in [6.07, 6.45) is 7.19. The number of allylic oxidation sites excluding steroid dienone is 2. The van der Waals surface area contributed by atoms with E-state index in [0.29, 0.717) is 5.02 Å². The third kappa shape index (κ3) is 2.82. The molecule has 0 fully saturated rings. The van der Waals surface area contributed by atoms with E-state index in [4.69, 9.17) is 11.6 Å². The molecule has 0 bridgehead atoms. The molecule has 0 radical (unpaired) electrons. The Hall–Kier alpha value is -1.51. The highest BCUT2D eigenvalue weighted by Gasteiger charge is 2.10. The molecule has 0 saturated carbocycles. The molecule has 3 heteroatoms. The van der Waals surface area contributed by atoms with Crippen molar-refractivity contribution in [3.05, 3.63) is 74.2 Å². The van der Waals surface area contributed by atoms with E-state index in [9.17, 15) is 5.11 Å². The number of benzene rings is 2. The molecule has 0 saturated heterocycles. The van der Waals surface area contributed by atoms with E-state index in [1.807, 2.05) is 12.1 Å². The average Bonchev–Trinajstić information content (AvgIpc) is 2.82. The van der Waals surface area contributed by atoms with Crippen LogP contribution in [0.2, 0.25) is 5.02 Å². The minimum atomic E-state index is 0.112. The van der Waals surface area contributed by atoms with Gasteiger partial charge in [0.05, 0.1) is 5.02 Å². The number of rotatable bonds is 2. The van der Waals surface area contributed by atoms with Crippen molar-refractivity contribution in [1.29, 1.82) is 0 Å². The first-order valence-corrected chi connectivity index (χ1v) is 7.44. The topological polar surface area (TPSA) is 20.2 Å². The SMILES string of the molecule is Oc1cc(/C=C/C2=Cc3ccc(Br)cc3C2)ccc1Cl. The third-order valence-corrected chi connectivity index (χ3v) is 4.11. The highest BCUT2D eigenvalue weighted by molar-refractivity contribution is 9.10. The number of phenols is 1. The van der Waals surface area contributed by atoms with Gasteiger partial charge in [-0.25, -0.2) is 0 Å². The zero-order valence-corrected chi connectivity index (χ0v) is 12.9. The highest BCUT2D eigenvalue weighted by Crippen LogP contribution is 2.29. The molecular formula is C17H12BrClO. The molecule has 1 nitrogen and oxygen atoms in total. The predicted octanol–water partition coefficient (Wildman–Crippen LogP) is 5.46. The lowest BCUT2D eigenvalue weighted by molar-refractivity contribution is 0.475. The van der Waals surface area contributed by atoms with Crippen molar-refractivity contribution in [1.82, 2.24) is 0 Å². The van der Waals surface area contributed by atoms with Crippen molar-refractivity contribution < 1.29 is 5.11 Å². The van der Waals surface area contributed by atoms with Crippen molar-refractivity contribution >= 4 is 39.7 Å². The average molecular weight is 348 g/mol. The number of phenolic OH excluding ortho intramolecular Hbond substituents is 1. The minimum Gasteiger partial charge on any atom is -0.506 e. The molecule has 1 aliphatic carbocycles. The second-order valence-corrected chi connectivity index (χ2v) is 6.11. The van der Waals surface area contributed by atoms with Gasteiger partial charge in [-0.2, -0.15) is 0 Å². The molecule has 1 aliphatic rings. The quantitative estimate of drug-likeness (QED) is 0.764. The highest BCUT2D eigenvalue weighted by atomic mass is 79.9. The normalized spacial score (nSPS) is 13.6. The first-order valence-electron chi connectivity index (χ1n) is 6.27. The van der Waals surface area contributed by atoms with Gasteiger partial charge in [-0.3, -0.25) is 0 Å². The van der Waals surface area contributed by atoms with Crippen LogP contribution in [0.3, 0.4) is 0 Å². The second kappa shape index (κ2) is 5.47. The van der Waals surface area contributed by atoms with Crippen molar-refractivity contribution in [3.8, 4) is 5.75 Å². The van der Waals surface area contributed by atoms with Gasteiger partial charge in [0.15, 0.2) is 0 Å². The summed E-state index contributed by atoms with van der Waals surface area (Å²) in [4.78, 5) is 0. The van der Waals surface area contributed by atoms with Crippen LogP contribution in [0.25, 0.3) is 12.2 Å². The Kier molecular flexibility index (Phi) is 3.68. The Bertz CT molecular complexity index is 732. The van der Waals surface area contributed by atoms with Crippen LogP contribution in [-0.4, -0.2) is 5.11 Å². The first-order chi connectivity index (χ1) is 9.61. The monoisotopic (exact) mass is 346 g/mol. The standard InChI is InChI=1S/C17H12BrClO/c18-15-5-4-13-7-12(8-14(13)10-15)2-1-11-3-6-16(19)17(20)9-11/h1-7,9-10,20H,8H2/b2-1+. The lowest BCUT2D eigenvalue weighted by Gasteiger charge is -1.99. The van der Waals surface area contributed by atoms with Crippen LogP contribution in [0.4, 0.5) is 0 Å². The molecule has 2 aromatic rings. The van der Waals surface area contributed by atoms with Crippen LogP contribution in [0.5, 0.6) is 5.75 Å². The summed E-state index contributed by atoms with van der Waals surface area (Å²) in [7, 11) is 0. The maximum Gasteiger partial charge on any atom is 0.134 e. The van der Waals surface area contributed by atoms with Gasteiger partial charge >= 0.3 is 0 Å². The molecule has 0 spiro atoms. The van der Waals surface area contributed by atoms with Gasteiger partial charge in [0, 0.05) is 4.47 Å². The zero-order chi connectivity index (χ0) is 14.1. The van der Waals surface area contributed by atoms with E-state index in [-0.39, 0.29) is 5.75 Å². The fourth-order valence-corrected chi connectivity index (χ4v) is 2.81. The zero-order valence-electron chi connectivity index (χ0n) is 10.6. The van der Waals surface area contributed by atoms with Crippen LogP contribution in [0.15, 0.2) is 52.5 Å². The Morgan fingerprint density at radius 3 is 2.75 bits per heavy atom. The Morgan fingerprint density at radius 2 is 1.95 bits per heavy atom. The Balaban J connectivity index is 1.80. The van der Waals surface area contributed by atoms with E-state index in [1.54, 1.807) is 12.1 Å². The van der Waals surface area contributed by atoms with Gasteiger partial charge in [-0.15, -0.1) is 0 Å². The summed E-state index contributed by atoms with van der Waals surface area (Å²) in [6, 6.07) is 11.6. The predicted molar refractivity (Wildman–Crippen MR) is 88.0 cm³/mol. The fourth-order valence-electron chi connectivity index (χ4n) is 2.28. The molecule has 0 atom stereocenters. The van der Waals surface area contributed by atoms with Crippen LogP contribution in [0.1, 0.15) is 16.7 Å². The largest absolute Gasteiger partial charge is 0.506 e. The smallest absolute Gasteiger partial charge is 0.134 e. The Labute approximate surface area is 131 Å². The summed E-state index contributed by atoms with van der Waals surface area (Å²) >= 11 is 9.29. The van der Waals surface area contributed by atoms with Crippen molar-refractivity contribution in [2.24, 2.45) is 0 Å². The summed E-state index contributed by atoms with van der Waals surface area (Å²) in [6.45, 7) is 0. The van der Waals surface area contributed by atoms with E-state index in [2.05, 4.69) is 46.3 Å². The van der Waals surface area contributed by atoms with E-state index < -0.39 is 0 Å². The summed E-state index contributed by atoms with van der Waals surface area (Å²) in [5, 5.41) is 9.95. The molecule has 3 rings (SSSR count). The number of hydrogen-bond donors (Lipinski definition) is 1. The molecule has 0 unspecified atom stereocenters. The molecule has 100 valence electrons. The number of halogens is 2. The van der Waals surface area contributed by atoms with Gasteiger partial charge in [0.2, 0.25) is 0 Å². The fraction of sp³-hybridized carbons (Fsp3) is 0.0588. The Morgan fingerprint density at radius 1 is 1.10 bits per heavy atom. The molecule has 1 N–H and O–H groups in total. The summed E-state index contributed by atoms with van der Waals surface area (Å²) in [5.74, 6) is 0.112. The molecule has 0 heterocycles. The van der Waals surface area contributed by atoms with E-state index >= 15 is 0 Å². The minimum absolute atomic E-state index is 0.112. The van der Waals surface area contributed by atoms with Crippen LogP contribution >= 0.6 is 27.5 Å². The number of fused-ring (bicyclic) bond motifs is 1. The number of hydrogen-bond acceptors (Lipinski definition) is 1. The lowest BCUT2D eigenvalue weighted by Crippen LogP contribution is -1.82. The van der Waals surface area contributed by atoms with Gasteiger partial charge in [-0.1, -0.05) is 57.9 Å². The van der Waals surface area contributed by atoms with Gasteiger partial charge < -0.3 is 5.11 Å². The molecule has 20 heavy (non-hydrogen) atoms. The van der Waals surface area contributed by atoms with Gasteiger partial charge in [0.1, 0.15) is 5.75 Å². The van der Waals surface area contributed by atoms with E-state index in [0.717, 1.165) is 16.5 Å². The van der Waals surface area contributed by atoms with Crippen LogP contribution in [-0.2, 0) is 6.42 Å². The van der Waals surface area contributed by atoms with Gasteiger partial charge in [-0.05, 0) is 52.9 Å². The first kappa shape index (κ1) is 13.5. The number of aromatic hydroxyl groups is 1. The van der Waals surface area contributed by atoms with Crippen molar-refractivity contribution in [2.45, 2.75) is 6.42 Å². The lowest BCUT2D eigenvalue weighted by atomic mass is 10.1. The second-order valence-electron chi connectivity index (χ2n) is 4.78. The molecule has 0 aromatic heterocycles. The molecular weight excluding hydrogens is 336 g/mol. The summed E-state index contributed by atoms with van der Waals surface area (Å²) in [5.41, 5.74) is 4.79. The maximum atomic E-state index is 9.58.